The highest BCUT2D eigenvalue weighted by atomic mass is 16.7. The number of hydrogen-bond acceptors (Lipinski definition) is 3. The highest BCUT2D eigenvalue weighted by Gasteiger charge is 2.58. The summed E-state index contributed by atoms with van der Waals surface area (Å²) in [5, 5.41) is 0. The number of rotatable bonds is 3. The van der Waals surface area contributed by atoms with E-state index < -0.39 is 5.60 Å². The molecule has 18 heavy (non-hydrogen) atoms. The van der Waals surface area contributed by atoms with Crippen molar-refractivity contribution in [2.45, 2.75) is 71.7 Å². The fraction of sp³-hybridized carbons (Fsp3) is 0.933. The van der Waals surface area contributed by atoms with Gasteiger partial charge in [0.25, 0.3) is 0 Å². The van der Waals surface area contributed by atoms with Gasteiger partial charge in [-0.25, -0.2) is 4.79 Å². The Hall–Kier alpha value is -0.570. The minimum absolute atomic E-state index is 0.00325. The quantitative estimate of drug-likeness (QED) is 0.573. The van der Waals surface area contributed by atoms with Crippen LogP contribution in [0.3, 0.4) is 0 Å². The van der Waals surface area contributed by atoms with E-state index in [0.717, 1.165) is 6.42 Å². The Morgan fingerprint density at radius 2 is 1.94 bits per heavy atom. The van der Waals surface area contributed by atoms with Crippen molar-refractivity contribution in [2.24, 2.45) is 17.8 Å². The summed E-state index contributed by atoms with van der Waals surface area (Å²) >= 11 is 0. The minimum atomic E-state index is -0.678. The van der Waals surface area contributed by atoms with Gasteiger partial charge in [0.2, 0.25) is 0 Å². The standard InChI is InChI=1S/C15H26O3/c1-9(2)12-7-6-10(3)8-13(12)17-14(16)15(5)11(4)18-15/h9-13H,6-8H2,1-5H3/t10-,11-,12+,13-,15+/m1/s1. The SMILES string of the molecule is CC(C)[C@@H]1CC[C@@H](C)C[C@H]1OC(=O)[C@@]1(C)O[C@@H]1C. The molecule has 5 atom stereocenters. The van der Waals surface area contributed by atoms with Gasteiger partial charge < -0.3 is 9.47 Å². The third-order valence-electron chi connectivity index (χ3n) is 4.77. The Kier molecular flexibility index (Phi) is 3.72. The lowest BCUT2D eigenvalue weighted by Crippen LogP contribution is -2.39. The lowest BCUT2D eigenvalue weighted by Gasteiger charge is -2.37. The molecule has 104 valence electrons. The first-order chi connectivity index (χ1) is 8.34. The number of ether oxygens (including phenoxy) is 2. The van der Waals surface area contributed by atoms with E-state index in [-0.39, 0.29) is 18.2 Å². The molecule has 1 heterocycles. The lowest BCUT2D eigenvalue weighted by atomic mass is 9.75. The van der Waals surface area contributed by atoms with Crippen LogP contribution in [-0.4, -0.2) is 23.8 Å². The predicted molar refractivity (Wildman–Crippen MR) is 70.2 cm³/mol. The molecule has 0 aromatic rings. The second-order valence-corrected chi connectivity index (χ2v) is 6.64. The Morgan fingerprint density at radius 1 is 1.33 bits per heavy atom. The molecule has 2 fully saturated rings. The van der Waals surface area contributed by atoms with Crippen LogP contribution < -0.4 is 0 Å². The molecule has 0 spiro atoms. The first-order valence-electron chi connectivity index (χ1n) is 7.23. The molecule has 1 saturated carbocycles. The molecule has 0 radical (unpaired) electrons. The topological polar surface area (TPSA) is 38.8 Å². The fourth-order valence-corrected chi connectivity index (χ4v) is 3.05. The average Bonchev–Trinajstić information content (AvgIpc) is 2.88. The molecule has 1 saturated heterocycles. The average molecular weight is 254 g/mol. The third kappa shape index (κ3) is 2.56. The highest BCUT2D eigenvalue weighted by molar-refractivity contribution is 5.82. The van der Waals surface area contributed by atoms with Crippen LogP contribution in [0.5, 0.6) is 0 Å². The number of hydrogen-bond donors (Lipinski definition) is 0. The molecule has 0 bridgehead atoms. The summed E-state index contributed by atoms with van der Waals surface area (Å²) in [6.07, 6.45) is 3.50. The highest BCUT2D eigenvalue weighted by Crippen LogP contribution is 2.40. The second-order valence-electron chi connectivity index (χ2n) is 6.64. The molecule has 1 aliphatic heterocycles. The van der Waals surface area contributed by atoms with Crippen LogP contribution in [0.4, 0.5) is 0 Å². The van der Waals surface area contributed by atoms with Gasteiger partial charge in [-0.3, -0.25) is 0 Å². The van der Waals surface area contributed by atoms with Crippen LogP contribution in [0.1, 0.15) is 53.9 Å². The molecule has 3 nitrogen and oxygen atoms in total. The van der Waals surface area contributed by atoms with Crippen LogP contribution >= 0.6 is 0 Å². The number of esters is 1. The van der Waals surface area contributed by atoms with E-state index in [1.807, 2.05) is 13.8 Å². The smallest absolute Gasteiger partial charge is 0.341 e. The maximum absolute atomic E-state index is 12.1. The van der Waals surface area contributed by atoms with E-state index in [9.17, 15) is 4.79 Å². The van der Waals surface area contributed by atoms with Gasteiger partial charge in [0.05, 0.1) is 6.10 Å². The first-order valence-corrected chi connectivity index (χ1v) is 7.23. The van der Waals surface area contributed by atoms with Crippen molar-refractivity contribution >= 4 is 5.97 Å². The van der Waals surface area contributed by atoms with Crippen molar-refractivity contribution in [3.05, 3.63) is 0 Å². The minimum Gasteiger partial charge on any atom is -0.460 e. The lowest BCUT2D eigenvalue weighted by molar-refractivity contribution is -0.161. The summed E-state index contributed by atoms with van der Waals surface area (Å²) in [6.45, 7) is 10.4. The van der Waals surface area contributed by atoms with E-state index in [4.69, 9.17) is 9.47 Å². The molecule has 0 amide bonds. The maximum Gasteiger partial charge on any atom is 0.341 e. The summed E-state index contributed by atoms with van der Waals surface area (Å²) in [5.74, 6) is 1.56. The van der Waals surface area contributed by atoms with Crippen molar-refractivity contribution in [3.63, 3.8) is 0 Å². The van der Waals surface area contributed by atoms with Gasteiger partial charge in [-0.2, -0.15) is 0 Å². The van der Waals surface area contributed by atoms with Crippen molar-refractivity contribution in [2.75, 3.05) is 0 Å². The molecular formula is C15H26O3. The first kappa shape index (κ1) is 13.9. The van der Waals surface area contributed by atoms with Gasteiger partial charge >= 0.3 is 5.97 Å². The van der Waals surface area contributed by atoms with Crippen LogP contribution in [0.2, 0.25) is 0 Å². The normalized spacial score (nSPS) is 43.9. The summed E-state index contributed by atoms with van der Waals surface area (Å²) in [7, 11) is 0. The largest absolute Gasteiger partial charge is 0.460 e. The fourth-order valence-electron chi connectivity index (χ4n) is 3.05. The van der Waals surface area contributed by atoms with Crippen molar-refractivity contribution in [3.8, 4) is 0 Å². The summed E-state index contributed by atoms with van der Waals surface area (Å²) < 4.78 is 11.1. The van der Waals surface area contributed by atoms with Gasteiger partial charge in [0, 0.05) is 0 Å². The third-order valence-corrected chi connectivity index (χ3v) is 4.77. The predicted octanol–water partition coefficient (Wildman–Crippen LogP) is 3.17. The van der Waals surface area contributed by atoms with Gasteiger partial charge in [-0.15, -0.1) is 0 Å². The van der Waals surface area contributed by atoms with Crippen LogP contribution in [-0.2, 0) is 14.3 Å². The zero-order valence-corrected chi connectivity index (χ0v) is 12.2. The molecule has 0 aromatic carbocycles. The van der Waals surface area contributed by atoms with Gasteiger partial charge in [0.1, 0.15) is 6.10 Å². The van der Waals surface area contributed by atoms with Crippen LogP contribution in [0.15, 0.2) is 0 Å². The molecule has 0 N–H and O–H groups in total. The zero-order valence-electron chi connectivity index (χ0n) is 12.2. The van der Waals surface area contributed by atoms with E-state index in [1.54, 1.807) is 0 Å². The summed E-state index contributed by atoms with van der Waals surface area (Å²) in [6, 6.07) is 0. The number of epoxide rings is 1. The van der Waals surface area contributed by atoms with E-state index in [1.165, 1.54) is 12.8 Å². The van der Waals surface area contributed by atoms with Crippen molar-refractivity contribution < 1.29 is 14.3 Å². The maximum atomic E-state index is 12.1. The van der Waals surface area contributed by atoms with Gasteiger partial charge in [0.15, 0.2) is 5.60 Å². The van der Waals surface area contributed by atoms with Crippen molar-refractivity contribution in [1.29, 1.82) is 0 Å². The van der Waals surface area contributed by atoms with E-state index in [0.29, 0.717) is 17.8 Å². The zero-order chi connectivity index (χ0) is 13.5. The van der Waals surface area contributed by atoms with Gasteiger partial charge in [-0.05, 0) is 44.4 Å². The number of carbonyl (C=O) groups is 1. The van der Waals surface area contributed by atoms with Crippen LogP contribution in [0.25, 0.3) is 0 Å². The second kappa shape index (κ2) is 4.84. The molecule has 2 aliphatic rings. The van der Waals surface area contributed by atoms with E-state index >= 15 is 0 Å². The number of carbonyl (C=O) groups excluding carboxylic acids is 1. The molecule has 0 unspecified atom stereocenters. The van der Waals surface area contributed by atoms with Gasteiger partial charge in [-0.1, -0.05) is 27.2 Å². The molecular weight excluding hydrogens is 228 g/mol. The molecule has 0 aromatic heterocycles. The van der Waals surface area contributed by atoms with Crippen molar-refractivity contribution in [1.82, 2.24) is 0 Å². The monoisotopic (exact) mass is 254 g/mol. The summed E-state index contributed by atoms with van der Waals surface area (Å²) in [5.41, 5.74) is -0.678. The van der Waals surface area contributed by atoms with E-state index in [2.05, 4.69) is 20.8 Å². The molecule has 3 heteroatoms. The Balaban J connectivity index is 1.98. The van der Waals surface area contributed by atoms with Crippen LogP contribution in [0, 0.1) is 17.8 Å². The summed E-state index contributed by atoms with van der Waals surface area (Å²) in [4.78, 5) is 12.1. The molecule has 1 aliphatic carbocycles. The molecule has 2 rings (SSSR count). The Morgan fingerprint density at radius 3 is 2.44 bits per heavy atom. The Labute approximate surface area is 110 Å². The Bertz CT molecular complexity index is 326.